The maximum atomic E-state index is 12.4. The van der Waals surface area contributed by atoms with Gasteiger partial charge in [0.2, 0.25) is 0 Å². The highest BCUT2D eigenvalue weighted by molar-refractivity contribution is 5.95. The van der Waals surface area contributed by atoms with Crippen LogP contribution in [0.25, 0.3) is 0 Å². The second kappa shape index (κ2) is 7.64. The van der Waals surface area contributed by atoms with Crippen LogP contribution in [0.2, 0.25) is 0 Å². The number of carbonyl (C=O) groups excluding carboxylic acids is 1. The highest BCUT2D eigenvalue weighted by Gasteiger charge is 2.15. The normalized spacial score (nSPS) is 15.4. The first-order chi connectivity index (χ1) is 11.6. The van der Waals surface area contributed by atoms with Gasteiger partial charge in [0.25, 0.3) is 5.91 Å². The summed E-state index contributed by atoms with van der Waals surface area (Å²) >= 11 is 0. The molecule has 1 aromatic carbocycles. The lowest BCUT2D eigenvalue weighted by Gasteiger charge is -2.27. The molecule has 5 nitrogen and oxygen atoms in total. The third-order valence-corrected chi connectivity index (χ3v) is 4.34. The summed E-state index contributed by atoms with van der Waals surface area (Å²) in [4.78, 5) is 14.7. The Balaban J connectivity index is 1.64. The van der Waals surface area contributed by atoms with Gasteiger partial charge >= 0.3 is 0 Å². The Bertz CT molecular complexity index is 702. The average molecular weight is 328 g/mol. The first-order valence-corrected chi connectivity index (χ1v) is 8.35. The van der Waals surface area contributed by atoms with E-state index in [2.05, 4.69) is 22.3 Å². The standard InChI is InChI=1S/C19H24N2O3/c1-14-11-18(15(2)24-14)19(22)20-12-16-5-3-4-6-17(16)13-21-7-9-23-10-8-21/h3-6,11H,7-10,12-13H2,1-2H3,(H,20,22). The molecule has 0 bridgehead atoms. The predicted molar refractivity (Wildman–Crippen MR) is 91.9 cm³/mol. The molecule has 1 aliphatic heterocycles. The number of ether oxygens (including phenoxy) is 1. The van der Waals surface area contributed by atoms with Crippen molar-refractivity contribution in [1.29, 1.82) is 0 Å². The van der Waals surface area contributed by atoms with Crippen LogP contribution in [0.15, 0.2) is 34.7 Å². The summed E-state index contributed by atoms with van der Waals surface area (Å²) in [5.41, 5.74) is 3.01. The fourth-order valence-electron chi connectivity index (χ4n) is 3.01. The lowest BCUT2D eigenvalue weighted by molar-refractivity contribution is 0.0340. The Labute approximate surface area is 142 Å². The molecule has 0 saturated carbocycles. The maximum absolute atomic E-state index is 12.4. The number of aryl methyl sites for hydroxylation is 2. The van der Waals surface area contributed by atoms with Gasteiger partial charge in [-0.05, 0) is 31.0 Å². The zero-order valence-corrected chi connectivity index (χ0v) is 14.3. The molecular formula is C19H24N2O3. The number of rotatable bonds is 5. The molecule has 1 aromatic heterocycles. The molecule has 2 heterocycles. The van der Waals surface area contributed by atoms with Crippen LogP contribution in [-0.4, -0.2) is 37.1 Å². The van der Waals surface area contributed by atoms with Crippen molar-refractivity contribution in [1.82, 2.24) is 10.2 Å². The number of nitrogens with one attached hydrogen (secondary N) is 1. The van der Waals surface area contributed by atoms with Crippen LogP contribution >= 0.6 is 0 Å². The minimum atomic E-state index is -0.0921. The molecule has 1 N–H and O–H groups in total. The first-order valence-electron chi connectivity index (χ1n) is 8.35. The second-order valence-electron chi connectivity index (χ2n) is 6.17. The van der Waals surface area contributed by atoms with E-state index in [0.717, 1.165) is 44.2 Å². The van der Waals surface area contributed by atoms with Gasteiger partial charge in [-0.3, -0.25) is 9.69 Å². The molecule has 1 saturated heterocycles. The van der Waals surface area contributed by atoms with Crippen molar-refractivity contribution in [2.24, 2.45) is 0 Å². The summed E-state index contributed by atoms with van der Waals surface area (Å²) < 4.78 is 10.8. The molecule has 0 radical (unpaired) electrons. The van der Waals surface area contributed by atoms with E-state index in [1.165, 1.54) is 5.56 Å². The summed E-state index contributed by atoms with van der Waals surface area (Å²) in [5.74, 6) is 1.32. The van der Waals surface area contributed by atoms with E-state index in [1.54, 1.807) is 6.07 Å². The SMILES string of the molecule is Cc1cc(C(=O)NCc2ccccc2CN2CCOCC2)c(C)o1. The van der Waals surface area contributed by atoms with E-state index < -0.39 is 0 Å². The van der Waals surface area contributed by atoms with Crippen LogP contribution < -0.4 is 5.32 Å². The van der Waals surface area contributed by atoms with Crippen molar-refractivity contribution in [3.8, 4) is 0 Å². The molecular weight excluding hydrogens is 304 g/mol. The molecule has 24 heavy (non-hydrogen) atoms. The number of morpholine rings is 1. The highest BCUT2D eigenvalue weighted by atomic mass is 16.5. The first kappa shape index (κ1) is 16.7. The number of nitrogens with zero attached hydrogens (tertiary/aromatic N) is 1. The van der Waals surface area contributed by atoms with E-state index in [4.69, 9.17) is 9.15 Å². The van der Waals surface area contributed by atoms with Crippen LogP contribution in [0.3, 0.4) is 0 Å². The molecule has 5 heteroatoms. The second-order valence-corrected chi connectivity index (χ2v) is 6.17. The van der Waals surface area contributed by atoms with Crippen molar-refractivity contribution in [2.75, 3.05) is 26.3 Å². The topological polar surface area (TPSA) is 54.7 Å². The Morgan fingerprint density at radius 2 is 1.88 bits per heavy atom. The number of carbonyl (C=O) groups is 1. The van der Waals surface area contributed by atoms with E-state index in [9.17, 15) is 4.79 Å². The minimum absolute atomic E-state index is 0.0921. The Morgan fingerprint density at radius 1 is 1.17 bits per heavy atom. The number of hydrogen-bond acceptors (Lipinski definition) is 4. The van der Waals surface area contributed by atoms with Crippen LogP contribution in [0.1, 0.15) is 33.0 Å². The summed E-state index contributed by atoms with van der Waals surface area (Å²) in [6.45, 7) is 8.55. The fraction of sp³-hybridized carbons (Fsp3) is 0.421. The van der Waals surface area contributed by atoms with Gasteiger partial charge in [0.05, 0.1) is 18.8 Å². The molecule has 1 aliphatic rings. The van der Waals surface area contributed by atoms with Gasteiger partial charge in [0, 0.05) is 26.2 Å². The largest absolute Gasteiger partial charge is 0.466 e. The van der Waals surface area contributed by atoms with E-state index in [1.807, 2.05) is 26.0 Å². The van der Waals surface area contributed by atoms with E-state index in [-0.39, 0.29) is 5.91 Å². The maximum Gasteiger partial charge on any atom is 0.255 e. The quantitative estimate of drug-likeness (QED) is 0.917. The Morgan fingerprint density at radius 3 is 2.54 bits per heavy atom. The minimum Gasteiger partial charge on any atom is -0.466 e. The van der Waals surface area contributed by atoms with Gasteiger partial charge in [0.1, 0.15) is 11.5 Å². The third-order valence-electron chi connectivity index (χ3n) is 4.34. The van der Waals surface area contributed by atoms with E-state index in [0.29, 0.717) is 17.9 Å². The van der Waals surface area contributed by atoms with Gasteiger partial charge in [-0.15, -0.1) is 0 Å². The monoisotopic (exact) mass is 328 g/mol. The van der Waals surface area contributed by atoms with Gasteiger partial charge in [0.15, 0.2) is 0 Å². The van der Waals surface area contributed by atoms with Gasteiger partial charge in [-0.1, -0.05) is 24.3 Å². The highest BCUT2D eigenvalue weighted by Crippen LogP contribution is 2.15. The molecule has 1 amide bonds. The van der Waals surface area contributed by atoms with Gasteiger partial charge < -0.3 is 14.5 Å². The molecule has 0 unspecified atom stereocenters. The molecule has 128 valence electrons. The fourth-order valence-corrected chi connectivity index (χ4v) is 3.01. The number of benzene rings is 1. The summed E-state index contributed by atoms with van der Waals surface area (Å²) in [6, 6.07) is 10.0. The lowest BCUT2D eigenvalue weighted by Crippen LogP contribution is -2.36. The zero-order valence-electron chi connectivity index (χ0n) is 14.3. The predicted octanol–water partition coefficient (Wildman–Crippen LogP) is 2.66. The van der Waals surface area contributed by atoms with Gasteiger partial charge in [-0.2, -0.15) is 0 Å². The van der Waals surface area contributed by atoms with Crippen LogP contribution in [-0.2, 0) is 17.8 Å². The number of hydrogen-bond donors (Lipinski definition) is 1. The van der Waals surface area contributed by atoms with Crippen LogP contribution in [0.5, 0.6) is 0 Å². The zero-order chi connectivity index (χ0) is 16.9. The molecule has 0 spiro atoms. The molecule has 0 aliphatic carbocycles. The summed E-state index contributed by atoms with van der Waals surface area (Å²) in [5, 5.41) is 3.00. The van der Waals surface area contributed by atoms with Crippen molar-refractivity contribution < 1.29 is 13.9 Å². The number of furan rings is 1. The molecule has 1 fully saturated rings. The Hall–Kier alpha value is -2.11. The van der Waals surface area contributed by atoms with Crippen molar-refractivity contribution in [2.45, 2.75) is 26.9 Å². The average Bonchev–Trinajstić information content (AvgIpc) is 2.93. The smallest absolute Gasteiger partial charge is 0.255 e. The summed E-state index contributed by atoms with van der Waals surface area (Å²) in [6.07, 6.45) is 0. The van der Waals surface area contributed by atoms with Crippen molar-refractivity contribution >= 4 is 5.91 Å². The van der Waals surface area contributed by atoms with Crippen LogP contribution in [0.4, 0.5) is 0 Å². The van der Waals surface area contributed by atoms with Gasteiger partial charge in [-0.25, -0.2) is 0 Å². The molecule has 2 aromatic rings. The molecule has 3 rings (SSSR count). The molecule has 0 atom stereocenters. The number of amides is 1. The summed E-state index contributed by atoms with van der Waals surface area (Å²) in [7, 11) is 0. The van der Waals surface area contributed by atoms with Crippen molar-refractivity contribution in [3.05, 3.63) is 58.5 Å². The van der Waals surface area contributed by atoms with Crippen molar-refractivity contribution in [3.63, 3.8) is 0 Å². The van der Waals surface area contributed by atoms with E-state index >= 15 is 0 Å². The third kappa shape index (κ3) is 4.04. The lowest BCUT2D eigenvalue weighted by atomic mass is 10.1. The Kier molecular flexibility index (Phi) is 5.33. The van der Waals surface area contributed by atoms with Crippen LogP contribution in [0, 0.1) is 13.8 Å².